The van der Waals surface area contributed by atoms with Crippen molar-refractivity contribution in [1.29, 1.82) is 5.26 Å². The van der Waals surface area contributed by atoms with Gasteiger partial charge in [0.05, 0.1) is 0 Å². The van der Waals surface area contributed by atoms with Crippen molar-refractivity contribution >= 4 is 16.6 Å². The average molecular weight is 496 g/mol. The first kappa shape index (κ1) is 23.8. The maximum absolute atomic E-state index is 9.02. The van der Waals surface area contributed by atoms with E-state index in [4.69, 9.17) is 5.26 Å². The molecule has 5 nitrogen and oxygen atoms in total. The molecule has 0 unspecified atom stereocenters. The minimum Gasteiger partial charge on any atom is -0.367 e. The largest absolute Gasteiger partial charge is 0.367 e. The van der Waals surface area contributed by atoms with E-state index in [0.717, 1.165) is 38.3 Å². The molecule has 2 heterocycles. The van der Waals surface area contributed by atoms with E-state index in [1.807, 2.05) is 12.1 Å². The van der Waals surface area contributed by atoms with Crippen LogP contribution in [0.15, 0.2) is 103 Å². The van der Waals surface area contributed by atoms with E-state index in [0.29, 0.717) is 6.04 Å². The standard InChI is InChI=1S/C33H29N5/c34-22-33-35-17-14-32(37-33)36-29-15-18-38(19-16-29)23-24-10-12-26(13-11-24)31-21-28-9-5-4-8-27(28)20-30(31)25-6-2-1-3-7-25/h1-14,17,20-21,29H,15-16,18-19,23H2,(H,35,36,37). The Bertz CT molecular complexity index is 1580. The second-order valence-corrected chi connectivity index (χ2v) is 9.88. The molecule has 5 heteroatoms. The van der Waals surface area contributed by atoms with Crippen LogP contribution in [0.25, 0.3) is 33.0 Å². The minimum atomic E-state index is 0.204. The molecule has 0 spiro atoms. The van der Waals surface area contributed by atoms with E-state index in [9.17, 15) is 0 Å². The summed E-state index contributed by atoms with van der Waals surface area (Å²) in [6.45, 7) is 3.00. The van der Waals surface area contributed by atoms with Gasteiger partial charge in [0.1, 0.15) is 11.9 Å². The van der Waals surface area contributed by atoms with Crippen molar-refractivity contribution in [3.05, 3.63) is 115 Å². The normalized spacial score (nSPS) is 14.3. The molecule has 6 rings (SSSR count). The van der Waals surface area contributed by atoms with Gasteiger partial charge < -0.3 is 5.32 Å². The lowest BCUT2D eigenvalue weighted by molar-refractivity contribution is 0.211. The van der Waals surface area contributed by atoms with Crippen molar-refractivity contribution in [2.45, 2.75) is 25.4 Å². The van der Waals surface area contributed by atoms with Crippen LogP contribution >= 0.6 is 0 Å². The Hall–Kier alpha value is -4.53. The molecule has 1 aromatic heterocycles. The number of nitrogens with one attached hydrogen (secondary N) is 1. The summed E-state index contributed by atoms with van der Waals surface area (Å²) in [6, 6.07) is 37.1. The molecule has 1 fully saturated rings. The highest BCUT2D eigenvalue weighted by Crippen LogP contribution is 2.36. The van der Waals surface area contributed by atoms with Crippen LogP contribution in [-0.2, 0) is 6.54 Å². The van der Waals surface area contributed by atoms with E-state index in [1.165, 1.54) is 38.6 Å². The average Bonchev–Trinajstić information content (AvgIpc) is 2.98. The first-order chi connectivity index (χ1) is 18.7. The predicted octanol–water partition coefficient (Wildman–Crippen LogP) is 6.91. The molecular formula is C33H29N5. The van der Waals surface area contributed by atoms with E-state index >= 15 is 0 Å². The van der Waals surface area contributed by atoms with Gasteiger partial charge in [-0.1, -0.05) is 78.9 Å². The summed E-state index contributed by atoms with van der Waals surface area (Å²) in [5.74, 6) is 0.935. The molecule has 0 amide bonds. The van der Waals surface area contributed by atoms with Gasteiger partial charge in [0.2, 0.25) is 5.82 Å². The van der Waals surface area contributed by atoms with Crippen molar-refractivity contribution in [3.63, 3.8) is 0 Å². The summed E-state index contributed by atoms with van der Waals surface area (Å²) >= 11 is 0. The third kappa shape index (κ3) is 5.27. The summed E-state index contributed by atoms with van der Waals surface area (Å²) in [5.41, 5.74) is 6.33. The number of hydrogen-bond acceptors (Lipinski definition) is 5. The van der Waals surface area contributed by atoms with Gasteiger partial charge in [-0.25, -0.2) is 9.97 Å². The minimum absolute atomic E-state index is 0.204. The molecule has 1 aliphatic rings. The van der Waals surface area contributed by atoms with Gasteiger partial charge in [0, 0.05) is 31.9 Å². The maximum Gasteiger partial charge on any atom is 0.234 e. The fraction of sp³-hybridized carbons (Fsp3) is 0.182. The number of hydrogen-bond donors (Lipinski definition) is 1. The monoisotopic (exact) mass is 495 g/mol. The number of benzene rings is 4. The second kappa shape index (κ2) is 10.8. The van der Waals surface area contributed by atoms with E-state index < -0.39 is 0 Å². The lowest BCUT2D eigenvalue weighted by atomic mass is 9.91. The Morgan fingerprint density at radius 2 is 1.42 bits per heavy atom. The third-order valence-corrected chi connectivity index (χ3v) is 7.34. The van der Waals surface area contributed by atoms with Crippen LogP contribution in [0, 0.1) is 11.3 Å². The highest BCUT2D eigenvalue weighted by molar-refractivity contribution is 5.96. The van der Waals surface area contributed by atoms with E-state index in [1.54, 1.807) is 6.20 Å². The highest BCUT2D eigenvalue weighted by Gasteiger charge is 2.20. The zero-order valence-corrected chi connectivity index (χ0v) is 21.2. The van der Waals surface area contributed by atoms with Crippen LogP contribution in [0.5, 0.6) is 0 Å². The number of nitriles is 1. The number of piperidine rings is 1. The molecule has 38 heavy (non-hydrogen) atoms. The molecule has 0 radical (unpaired) electrons. The molecule has 1 N–H and O–H groups in total. The lowest BCUT2D eigenvalue weighted by Gasteiger charge is -2.32. The predicted molar refractivity (Wildman–Crippen MR) is 153 cm³/mol. The number of rotatable bonds is 6. The quantitative estimate of drug-likeness (QED) is 0.277. The topological polar surface area (TPSA) is 64.8 Å². The zero-order chi connectivity index (χ0) is 25.7. The number of fused-ring (bicyclic) bond motifs is 1. The fourth-order valence-electron chi connectivity index (χ4n) is 5.32. The SMILES string of the molecule is N#Cc1nccc(NC2CCN(Cc3ccc(-c4cc5ccccc5cc4-c4ccccc4)cc3)CC2)n1. The van der Waals surface area contributed by atoms with Crippen molar-refractivity contribution in [2.75, 3.05) is 18.4 Å². The maximum atomic E-state index is 9.02. The molecule has 5 aromatic rings. The smallest absolute Gasteiger partial charge is 0.234 e. The molecular weight excluding hydrogens is 466 g/mol. The zero-order valence-electron chi connectivity index (χ0n) is 21.2. The Morgan fingerprint density at radius 3 is 2.08 bits per heavy atom. The molecule has 0 saturated carbocycles. The molecule has 186 valence electrons. The summed E-state index contributed by atoms with van der Waals surface area (Å²) in [6.07, 6.45) is 3.72. The first-order valence-corrected chi connectivity index (χ1v) is 13.1. The van der Waals surface area contributed by atoms with Crippen molar-refractivity contribution in [2.24, 2.45) is 0 Å². The van der Waals surface area contributed by atoms with Crippen LogP contribution in [-0.4, -0.2) is 34.0 Å². The van der Waals surface area contributed by atoms with Gasteiger partial charge in [-0.15, -0.1) is 0 Å². The van der Waals surface area contributed by atoms with Crippen LogP contribution in [0.2, 0.25) is 0 Å². The van der Waals surface area contributed by atoms with Gasteiger partial charge >= 0.3 is 0 Å². The fourth-order valence-corrected chi connectivity index (χ4v) is 5.32. The highest BCUT2D eigenvalue weighted by atomic mass is 15.1. The number of anilines is 1. The van der Waals surface area contributed by atoms with Gasteiger partial charge in [0.15, 0.2) is 0 Å². The Morgan fingerprint density at radius 1 is 0.789 bits per heavy atom. The van der Waals surface area contributed by atoms with Gasteiger partial charge in [0.25, 0.3) is 0 Å². The van der Waals surface area contributed by atoms with Gasteiger partial charge in [-0.05, 0) is 69.6 Å². The molecule has 4 aromatic carbocycles. The van der Waals surface area contributed by atoms with E-state index in [-0.39, 0.29) is 5.82 Å². The summed E-state index contributed by atoms with van der Waals surface area (Å²) in [7, 11) is 0. The molecule has 0 aliphatic carbocycles. The van der Waals surface area contributed by atoms with Gasteiger partial charge in [-0.3, -0.25) is 4.90 Å². The van der Waals surface area contributed by atoms with Crippen LogP contribution in [0.4, 0.5) is 5.82 Å². The lowest BCUT2D eigenvalue weighted by Crippen LogP contribution is -2.38. The van der Waals surface area contributed by atoms with Crippen LogP contribution < -0.4 is 5.32 Å². The summed E-state index contributed by atoms with van der Waals surface area (Å²) in [5, 5.41) is 15.0. The Balaban J connectivity index is 1.15. The number of aromatic nitrogens is 2. The first-order valence-electron chi connectivity index (χ1n) is 13.1. The summed E-state index contributed by atoms with van der Waals surface area (Å²) < 4.78 is 0. The number of nitrogens with zero attached hydrogens (tertiary/aromatic N) is 4. The molecule has 1 aliphatic heterocycles. The Labute approximate surface area is 223 Å². The van der Waals surface area contributed by atoms with Gasteiger partial charge in [-0.2, -0.15) is 5.26 Å². The van der Waals surface area contributed by atoms with Crippen molar-refractivity contribution in [1.82, 2.24) is 14.9 Å². The summed E-state index contributed by atoms with van der Waals surface area (Å²) in [4.78, 5) is 10.7. The van der Waals surface area contributed by atoms with Crippen molar-refractivity contribution in [3.8, 4) is 28.3 Å². The molecule has 1 saturated heterocycles. The Kier molecular flexibility index (Phi) is 6.80. The second-order valence-electron chi connectivity index (χ2n) is 9.88. The van der Waals surface area contributed by atoms with Crippen molar-refractivity contribution < 1.29 is 0 Å². The van der Waals surface area contributed by atoms with E-state index in [2.05, 4.69) is 111 Å². The number of likely N-dealkylation sites (tertiary alicyclic amines) is 1. The third-order valence-electron chi connectivity index (χ3n) is 7.34. The van der Waals surface area contributed by atoms with Crippen LogP contribution in [0.3, 0.4) is 0 Å². The van der Waals surface area contributed by atoms with Crippen LogP contribution in [0.1, 0.15) is 24.2 Å². The molecule has 0 atom stereocenters. The molecule has 0 bridgehead atoms.